The smallest absolute Gasteiger partial charge is 0.394 e. The molecule has 1 aromatic heterocycles. The molecular formula is C7H7F3IN3O. The lowest BCUT2D eigenvalue weighted by Gasteiger charge is -2.11. The van der Waals surface area contributed by atoms with Crippen LogP contribution in [-0.4, -0.2) is 11.3 Å². The fraction of sp³-hybridized carbons (Fsp3) is 0.286. The van der Waals surface area contributed by atoms with Crippen LogP contribution in [0.3, 0.4) is 0 Å². The molecule has 1 aromatic rings. The van der Waals surface area contributed by atoms with E-state index in [2.05, 4.69) is 9.72 Å². The molecule has 0 bridgehead atoms. The van der Waals surface area contributed by atoms with Crippen LogP contribution in [0.15, 0.2) is 6.07 Å². The molecule has 84 valence electrons. The lowest BCUT2D eigenvalue weighted by Crippen LogP contribution is -2.20. The Kier molecular flexibility index (Phi) is 3.60. The Balaban J connectivity index is 3.08. The summed E-state index contributed by atoms with van der Waals surface area (Å²) in [4.78, 5) is 3.58. The number of aromatic nitrogens is 1. The molecule has 4 N–H and O–H groups in total. The van der Waals surface area contributed by atoms with E-state index in [1.807, 2.05) is 22.6 Å². The molecule has 0 unspecified atom stereocenters. The first kappa shape index (κ1) is 12.3. The van der Waals surface area contributed by atoms with E-state index in [0.717, 1.165) is 0 Å². The third-order valence-corrected chi connectivity index (χ3v) is 2.38. The first-order valence-corrected chi connectivity index (χ1v) is 4.82. The average Bonchev–Trinajstić information content (AvgIpc) is 2.07. The van der Waals surface area contributed by atoms with E-state index in [1.165, 1.54) is 6.07 Å². The molecule has 0 saturated heterocycles. The summed E-state index contributed by atoms with van der Waals surface area (Å²) in [7, 11) is 0. The largest absolute Gasteiger partial charge is 0.574 e. The van der Waals surface area contributed by atoms with Gasteiger partial charge in [-0.2, -0.15) is 0 Å². The summed E-state index contributed by atoms with van der Waals surface area (Å²) in [5.74, 6) is -0.664. The number of alkyl halides is 3. The van der Waals surface area contributed by atoms with Crippen molar-refractivity contribution in [3.8, 4) is 5.88 Å². The summed E-state index contributed by atoms with van der Waals surface area (Å²) in [5, 5.41) is 0. The van der Waals surface area contributed by atoms with Crippen LogP contribution in [-0.2, 0) is 6.54 Å². The van der Waals surface area contributed by atoms with Crippen molar-refractivity contribution < 1.29 is 17.9 Å². The van der Waals surface area contributed by atoms with Crippen LogP contribution in [0.1, 0.15) is 5.69 Å². The van der Waals surface area contributed by atoms with Crippen molar-refractivity contribution in [2.45, 2.75) is 12.9 Å². The molecule has 1 rings (SSSR count). The monoisotopic (exact) mass is 333 g/mol. The molecule has 0 atom stereocenters. The minimum atomic E-state index is -4.81. The van der Waals surface area contributed by atoms with Crippen molar-refractivity contribution in [3.63, 3.8) is 0 Å². The Bertz CT molecular complexity index is 369. The molecule has 0 fully saturated rings. The van der Waals surface area contributed by atoms with Gasteiger partial charge < -0.3 is 16.2 Å². The number of hydrogen-bond acceptors (Lipinski definition) is 4. The van der Waals surface area contributed by atoms with Crippen LogP contribution in [0.2, 0.25) is 0 Å². The Morgan fingerprint density at radius 2 is 2.07 bits per heavy atom. The van der Waals surface area contributed by atoms with Crippen LogP contribution in [0.25, 0.3) is 0 Å². The van der Waals surface area contributed by atoms with Gasteiger partial charge in [0.25, 0.3) is 0 Å². The zero-order chi connectivity index (χ0) is 11.6. The van der Waals surface area contributed by atoms with Crippen molar-refractivity contribution in [2.75, 3.05) is 5.73 Å². The van der Waals surface area contributed by atoms with Crippen molar-refractivity contribution in [3.05, 3.63) is 15.3 Å². The van der Waals surface area contributed by atoms with Gasteiger partial charge in [0.05, 0.1) is 11.4 Å². The number of pyridine rings is 1. The average molecular weight is 333 g/mol. The molecule has 15 heavy (non-hydrogen) atoms. The highest BCUT2D eigenvalue weighted by Gasteiger charge is 2.33. The highest BCUT2D eigenvalue weighted by Crippen LogP contribution is 2.28. The molecule has 0 radical (unpaired) electrons. The minimum absolute atomic E-state index is 0.0206. The molecule has 0 aromatic carbocycles. The van der Waals surface area contributed by atoms with Crippen LogP contribution in [0.4, 0.5) is 18.9 Å². The van der Waals surface area contributed by atoms with Gasteiger partial charge in [0.2, 0.25) is 5.88 Å². The molecular weight excluding hydrogens is 326 g/mol. The lowest BCUT2D eigenvalue weighted by atomic mass is 10.3. The quantitative estimate of drug-likeness (QED) is 0.807. The van der Waals surface area contributed by atoms with Crippen molar-refractivity contribution in [2.24, 2.45) is 5.73 Å². The number of anilines is 1. The number of nitrogens with two attached hydrogens (primary N) is 2. The standard InChI is InChI=1S/C7H7F3IN3O/c8-7(9,10)15-6-4(13)1-3(11)5(2-12)14-6/h1H,2,12-13H2. The number of nitrogens with zero attached hydrogens (tertiary/aromatic N) is 1. The van der Waals surface area contributed by atoms with Gasteiger partial charge in [0.15, 0.2) is 0 Å². The van der Waals surface area contributed by atoms with Crippen molar-refractivity contribution >= 4 is 28.3 Å². The first-order valence-electron chi connectivity index (χ1n) is 3.74. The number of rotatable bonds is 2. The summed E-state index contributed by atoms with van der Waals surface area (Å²) >= 11 is 1.88. The van der Waals surface area contributed by atoms with Gasteiger partial charge in [0.1, 0.15) is 0 Å². The van der Waals surface area contributed by atoms with E-state index < -0.39 is 12.2 Å². The Morgan fingerprint density at radius 1 is 1.47 bits per heavy atom. The van der Waals surface area contributed by atoms with E-state index in [1.54, 1.807) is 0 Å². The lowest BCUT2D eigenvalue weighted by molar-refractivity contribution is -0.275. The number of halogens is 4. The van der Waals surface area contributed by atoms with Crippen molar-refractivity contribution in [1.29, 1.82) is 0 Å². The second-order valence-corrected chi connectivity index (χ2v) is 3.73. The third-order valence-electron chi connectivity index (χ3n) is 1.45. The van der Waals surface area contributed by atoms with Gasteiger partial charge in [-0.1, -0.05) is 0 Å². The van der Waals surface area contributed by atoms with Gasteiger partial charge in [-0.15, -0.1) is 13.2 Å². The highest BCUT2D eigenvalue weighted by atomic mass is 127. The van der Waals surface area contributed by atoms with Gasteiger partial charge in [-0.3, -0.25) is 0 Å². The number of nitrogen functional groups attached to an aromatic ring is 1. The Morgan fingerprint density at radius 3 is 2.53 bits per heavy atom. The van der Waals surface area contributed by atoms with E-state index in [-0.39, 0.29) is 12.2 Å². The van der Waals surface area contributed by atoms with Crippen LogP contribution >= 0.6 is 22.6 Å². The number of ether oxygens (including phenoxy) is 1. The topological polar surface area (TPSA) is 74.2 Å². The molecule has 1 heterocycles. The fourth-order valence-corrected chi connectivity index (χ4v) is 1.53. The zero-order valence-electron chi connectivity index (χ0n) is 7.31. The van der Waals surface area contributed by atoms with Crippen molar-refractivity contribution in [1.82, 2.24) is 4.98 Å². The normalized spacial score (nSPS) is 11.5. The SMILES string of the molecule is NCc1nc(OC(F)(F)F)c(N)cc1I. The second kappa shape index (κ2) is 4.39. The summed E-state index contributed by atoms with van der Waals surface area (Å²) in [5.41, 5.74) is 10.7. The fourth-order valence-electron chi connectivity index (χ4n) is 0.857. The Hall–Kier alpha value is -0.770. The molecule has 8 heteroatoms. The van der Waals surface area contributed by atoms with Crippen LogP contribution in [0.5, 0.6) is 5.88 Å². The van der Waals surface area contributed by atoms with E-state index in [4.69, 9.17) is 11.5 Å². The van der Waals surface area contributed by atoms with Gasteiger partial charge in [-0.05, 0) is 28.7 Å². The van der Waals surface area contributed by atoms with E-state index >= 15 is 0 Å². The van der Waals surface area contributed by atoms with Gasteiger partial charge in [-0.25, -0.2) is 4.98 Å². The molecule has 0 aliphatic heterocycles. The van der Waals surface area contributed by atoms with E-state index in [9.17, 15) is 13.2 Å². The predicted octanol–water partition coefficient (Wildman–Crippen LogP) is 1.63. The maximum atomic E-state index is 11.9. The highest BCUT2D eigenvalue weighted by molar-refractivity contribution is 14.1. The molecule has 4 nitrogen and oxygen atoms in total. The van der Waals surface area contributed by atoms with Crippen LogP contribution < -0.4 is 16.2 Å². The van der Waals surface area contributed by atoms with Crippen LogP contribution in [0, 0.1) is 3.57 Å². The summed E-state index contributed by atoms with van der Waals surface area (Å²) in [6.07, 6.45) is -4.81. The predicted molar refractivity (Wildman–Crippen MR) is 55.9 cm³/mol. The molecule has 0 spiro atoms. The van der Waals surface area contributed by atoms with Gasteiger partial charge in [0, 0.05) is 10.1 Å². The summed E-state index contributed by atoms with van der Waals surface area (Å²) < 4.78 is 40.0. The molecule has 0 aliphatic carbocycles. The minimum Gasteiger partial charge on any atom is -0.394 e. The van der Waals surface area contributed by atoms with E-state index in [0.29, 0.717) is 9.26 Å². The Labute approximate surface area is 96.9 Å². The number of hydrogen-bond donors (Lipinski definition) is 2. The maximum absolute atomic E-state index is 11.9. The second-order valence-electron chi connectivity index (χ2n) is 2.56. The third kappa shape index (κ3) is 3.38. The maximum Gasteiger partial charge on any atom is 0.574 e. The van der Waals surface area contributed by atoms with Gasteiger partial charge >= 0.3 is 6.36 Å². The summed E-state index contributed by atoms with van der Waals surface area (Å²) in [6, 6.07) is 1.33. The molecule has 0 aliphatic rings. The zero-order valence-corrected chi connectivity index (χ0v) is 9.46. The first-order chi connectivity index (χ1) is 6.83. The molecule has 0 amide bonds. The molecule has 0 saturated carbocycles. The summed E-state index contributed by atoms with van der Waals surface area (Å²) in [6.45, 7) is 0.0206.